The fourth-order valence-electron chi connectivity index (χ4n) is 4.89. The van der Waals surface area contributed by atoms with Crippen molar-refractivity contribution in [2.75, 3.05) is 32.7 Å². The maximum absolute atomic E-state index is 13.3. The van der Waals surface area contributed by atoms with Gasteiger partial charge < -0.3 is 15.1 Å². The molecule has 0 radical (unpaired) electrons. The molecule has 0 saturated carbocycles. The van der Waals surface area contributed by atoms with Gasteiger partial charge in [0.15, 0.2) is 0 Å². The molecule has 5 nitrogen and oxygen atoms in total. The standard InChI is InChI=1S/C25H33N3O2/c1-2-14-27-16-12-21(13-17-27)26-24(29)20-9-6-15-28(18-20)25(30)23-11-5-8-19-7-3-4-10-22(19)23/h3-5,7-8,10-11,20-21H,2,6,9,12-18H2,1H3,(H,26,29). The average molecular weight is 408 g/mol. The van der Waals surface area contributed by atoms with Crippen LogP contribution in [0.3, 0.4) is 0 Å². The highest BCUT2D eigenvalue weighted by Crippen LogP contribution is 2.24. The Morgan fingerprint density at radius 3 is 2.57 bits per heavy atom. The lowest BCUT2D eigenvalue weighted by Crippen LogP contribution is -2.50. The minimum Gasteiger partial charge on any atom is -0.353 e. The third kappa shape index (κ3) is 4.67. The number of amides is 2. The normalized spacial score (nSPS) is 21.0. The molecule has 0 bridgehead atoms. The van der Waals surface area contributed by atoms with Crippen molar-refractivity contribution in [2.45, 2.75) is 45.1 Å². The van der Waals surface area contributed by atoms with Crippen molar-refractivity contribution >= 4 is 22.6 Å². The molecule has 2 aromatic carbocycles. The molecule has 5 heteroatoms. The van der Waals surface area contributed by atoms with E-state index >= 15 is 0 Å². The Hall–Kier alpha value is -2.40. The van der Waals surface area contributed by atoms with Gasteiger partial charge in [0.2, 0.25) is 5.91 Å². The summed E-state index contributed by atoms with van der Waals surface area (Å²) in [6.07, 6.45) is 4.97. The fourth-order valence-corrected chi connectivity index (χ4v) is 4.89. The molecule has 2 aromatic rings. The van der Waals surface area contributed by atoms with Crippen LogP contribution in [0.25, 0.3) is 10.8 Å². The van der Waals surface area contributed by atoms with E-state index in [9.17, 15) is 9.59 Å². The molecule has 2 heterocycles. The number of rotatable bonds is 5. The zero-order chi connectivity index (χ0) is 20.9. The Morgan fingerprint density at radius 2 is 1.77 bits per heavy atom. The van der Waals surface area contributed by atoms with E-state index in [4.69, 9.17) is 0 Å². The Balaban J connectivity index is 1.37. The first-order chi connectivity index (χ1) is 14.7. The van der Waals surface area contributed by atoms with Crippen LogP contribution in [0.2, 0.25) is 0 Å². The van der Waals surface area contributed by atoms with Gasteiger partial charge in [-0.15, -0.1) is 0 Å². The van der Waals surface area contributed by atoms with E-state index in [2.05, 4.69) is 17.1 Å². The minimum absolute atomic E-state index is 0.0390. The summed E-state index contributed by atoms with van der Waals surface area (Å²) in [5.74, 6) is 0.0582. The third-order valence-electron chi connectivity index (χ3n) is 6.57. The van der Waals surface area contributed by atoms with E-state index in [1.54, 1.807) is 0 Å². The predicted octanol–water partition coefficient (Wildman–Crippen LogP) is 3.68. The topological polar surface area (TPSA) is 52.7 Å². The highest BCUT2D eigenvalue weighted by molar-refractivity contribution is 6.07. The van der Waals surface area contributed by atoms with E-state index in [0.29, 0.717) is 6.54 Å². The molecule has 1 atom stereocenters. The molecule has 30 heavy (non-hydrogen) atoms. The van der Waals surface area contributed by atoms with Crippen LogP contribution in [-0.4, -0.2) is 60.4 Å². The van der Waals surface area contributed by atoms with Crippen molar-refractivity contribution in [1.29, 1.82) is 0 Å². The number of hydrogen-bond donors (Lipinski definition) is 1. The molecule has 0 aromatic heterocycles. The first-order valence-electron chi connectivity index (χ1n) is 11.5. The maximum Gasteiger partial charge on any atom is 0.254 e. The number of nitrogens with one attached hydrogen (secondary N) is 1. The van der Waals surface area contributed by atoms with Gasteiger partial charge in [-0.05, 0) is 55.5 Å². The van der Waals surface area contributed by atoms with Gasteiger partial charge in [0.25, 0.3) is 5.91 Å². The molecule has 2 aliphatic rings. The number of fused-ring (bicyclic) bond motifs is 1. The molecule has 2 fully saturated rings. The molecule has 1 N–H and O–H groups in total. The number of piperidine rings is 2. The molecular formula is C25H33N3O2. The van der Waals surface area contributed by atoms with Crippen molar-refractivity contribution in [3.8, 4) is 0 Å². The van der Waals surface area contributed by atoms with Crippen LogP contribution < -0.4 is 5.32 Å². The average Bonchev–Trinajstić information content (AvgIpc) is 2.80. The molecule has 2 amide bonds. The predicted molar refractivity (Wildman–Crippen MR) is 120 cm³/mol. The van der Waals surface area contributed by atoms with E-state index in [-0.39, 0.29) is 23.8 Å². The second kappa shape index (κ2) is 9.61. The first-order valence-corrected chi connectivity index (χ1v) is 11.5. The van der Waals surface area contributed by atoms with Crippen LogP contribution in [0.1, 0.15) is 49.4 Å². The first kappa shape index (κ1) is 20.9. The number of carbonyl (C=O) groups is 2. The Morgan fingerprint density at radius 1 is 1.00 bits per heavy atom. The van der Waals surface area contributed by atoms with E-state index < -0.39 is 0 Å². The van der Waals surface area contributed by atoms with Crippen LogP contribution in [0.4, 0.5) is 0 Å². The van der Waals surface area contributed by atoms with Crippen LogP contribution in [0.15, 0.2) is 42.5 Å². The highest BCUT2D eigenvalue weighted by atomic mass is 16.2. The Labute approximate surface area is 179 Å². The van der Waals surface area contributed by atoms with E-state index in [1.165, 1.54) is 6.42 Å². The molecular weight excluding hydrogens is 374 g/mol. The van der Waals surface area contributed by atoms with Crippen molar-refractivity contribution in [1.82, 2.24) is 15.1 Å². The zero-order valence-electron chi connectivity index (χ0n) is 18.0. The van der Waals surface area contributed by atoms with Crippen LogP contribution in [-0.2, 0) is 4.79 Å². The summed E-state index contributed by atoms with van der Waals surface area (Å²) in [6.45, 7) is 6.73. The quantitative estimate of drug-likeness (QED) is 0.823. The highest BCUT2D eigenvalue weighted by Gasteiger charge is 2.31. The van der Waals surface area contributed by atoms with Crippen molar-refractivity contribution in [2.24, 2.45) is 5.92 Å². The van der Waals surface area contributed by atoms with Crippen molar-refractivity contribution in [3.63, 3.8) is 0 Å². The molecule has 4 rings (SSSR count). The Bertz CT molecular complexity index is 884. The van der Waals surface area contributed by atoms with Gasteiger partial charge in [-0.3, -0.25) is 9.59 Å². The molecule has 1 unspecified atom stereocenters. The third-order valence-corrected chi connectivity index (χ3v) is 6.57. The summed E-state index contributed by atoms with van der Waals surface area (Å²) in [5, 5.41) is 5.33. The lowest BCUT2D eigenvalue weighted by atomic mass is 9.94. The van der Waals surface area contributed by atoms with Gasteiger partial charge in [0, 0.05) is 37.8 Å². The number of hydrogen-bond acceptors (Lipinski definition) is 3. The van der Waals surface area contributed by atoms with Gasteiger partial charge in [0.1, 0.15) is 0 Å². The molecule has 160 valence electrons. The minimum atomic E-state index is -0.105. The summed E-state index contributed by atoms with van der Waals surface area (Å²) in [5.41, 5.74) is 0.734. The zero-order valence-corrected chi connectivity index (χ0v) is 18.0. The molecule has 0 aliphatic carbocycles. The van der Waals surface area contributed by atoms with Crippen LogP contribution >= 0.6 is 0 Å². The lowest BCUT2D eigenvalue weighted by molar-refractivity contribution is -0.127. The lowest BCUT2D eigenvalue weighted by Gasteiger charge is -2.35. The molecule has 2 aliphatic heterocycles. The Kier molecular flexibility index (Phi) is 6.68. The van der Waals surface area contributed by atoms with Gasteiger partial charge in [0.05, 0.1) is 5.92 Å². The van der Waals surface area contributed by atoms with Crippen molar-refractivity contribution in [3.05, 3.63) is 48.0 Å². The molecule has 0 spiro atoms. The van der Waals surface area contributed by atoms with E-state index in [0.717, 1.165) is 68.2 Å². The maximum atomic E-state index is 13.3. The summed E-state index contributed by atoms with van der Waals surface area (Å²) in [7, 11) is 0. The second-order valence-electron chi connectivity index (χ2n) is 8.74. The largest absolute Gasteiger partial charge is 0.353 e. The number of likely N-dealkylation sites (tertiary alicyclic amines) is 2. The number of nitrogens with zero attached hydrogens (tertiary/aromatic N) is 2. The van der Waals surface area contributed by atoms with Gasteiger partial charge >= 0.3 is 0 Å². The van der Waals surface area contributed by atoms with Gasteiger partial charge in [-0.1, -0.05) is 43.3 Å². The summed E-state index contributed by atoms with van der Waals surface area (Å²) in [6, 6.07) is 14.1. The number of benzene rings is 2. The van der Waals surface area contributed by atoms with Gasteiger partial charge in [-0.25, -0.2) is 0 Å². The van der Waals surface area contributed by atoms with Gasteiger partial charge in [-0.2, -0.15) is 0 Å². The summed E-state index contributed by atoms with van der Waals surface area (Å²) < 4.78 is 0. The smallest absolute Gasteiger partial charge is 0.254 e. The summed E-state index contributed by atoms with van der Waals surface area (Å²) in [4.78, 5) is 30.5. The van der Waals surface area contributed by atoms with Crippen LogP contribution in [0.5, 0.6) is 0 Å². The number of carbonyl (C=O) groups excluding carboxylic acids is 2. The summed E-state index contributed by atoms with van der Waals surface area (Å²) >= 11 is 0. The van der Waals surface area contributed by atoms with Crippen LogP contribution in [0, 0.1) is 5.92 Å². The molecule has 2 saturated heterocycles. The van der Waals surface area contributed by atoms with E-state index in [1.807, 2.05) is 47.4 Å². The monoisotopic (exact) mass is 407 g/mol. The second-order valence-corrected chi connectivity index (χ2v) is 8.74. The van der Waals surface area contributed by atoms with Crippen molar-refractivity contribution < 1.29 is 9.59 Å². The fraction of sp³-hybridized carbons (Fsp3) is 0.520. The SMILES string of the molecule is CCCN1CCC(NC(=O)C2CCCN(C(=O)c3cccc4ccccc34)C2)CC1.